The van der Waals surface area contributed by atoms with E-state index >= 15 is 0 Å². The van der Waals surface area contributed by atoms with Crippen molar-refractivity contribution in [3.63, 3.8) is 0 Å². The van der Waals surface area contributed by atoms with Crippen LogP contribution in [0.4, 0.5) is 8.78 Å². The van der Waals surface area contributed by atoms with Gasteiger partial charge in [-0.1, -0.05) is 54.6 Å². The number of carbonyl (C=O) groups excluding carboxylic acids is 1. The molecule has 0 fully saturated rings. The summed E-state index contributed by atoms with van der Waals surface area (Å²) in [5.74, 6) is -3.36. The number of aromatic carboxylic acids is 1. The van der Waals surface area contributed by atoms with Gasteiger partial charge in [0.1, 0.15) is 0 Å². The summed E-state index contributed by atoms with van der Waals surface area (Å²) in [6.45, 7) is 2.16. The minimum atomic E-state index is -1.03. The molecular weight excluding hydrogens is 536 g/mol. The minimum absolute atomic E-state index is 0.151. The Morgan fingerprint density at radius 1 is 0.833 bits per heavy atom. The number of amides is 1. The number of nitrogens with zero attached hydrogens (tertiary/aromatic N) is 2. The van der Waals surface area contributed by atoms with Gasteiger partial charge in [0, 0.05) is 11.9 Å². The monoisotopic (exact) mass is 561 g/mol. The van der Waals surface area contributed by atoms with Crippen molar-refractivity contribution < 1.29 is 23.5 Å². The zero-order valence-corrected chi connectivity index (χ0v) is 22.5. The fraction of sp³-hybridized carbons (Fsp3) is 0.0882. The van der Waals surface area contributed by atoms with Gasteiger partial charge < -0.3 is 10.4 Å². The molecule has 0 saturated heterocycles. The molecule has 1 aromatic heterocycles. The van der Waals surface area contributed by atoms with Crippen LogP contribution in [0.1, 0.15) is 44.8 Å². The molecule has 5 aromatic carbocycles. The van der Waals surface area contributed by atoms with Gasteiger partial charge >= 0.3 is 5.97 Å². The molecule has 2 N–H and O–H groups in total. The van der Waals surface area contributed by atoms with Crippen LogP contribution in [0.2, 0.25) is 0 Å². The third-order valence-electron chi connectivity index (χ3n) is 7.46. The lowest BCUT2D eigenvalue weighted by molar-refractivity contribution is 0.0696. The molecule has 0 spiro atoms. The molecule has 6 rings (SSSR count). The lowest BCUT2D eigenvalue weighted by Gasteiger charge is -2.17. The van der Waals surface area contributed by atoms with Crippen molar-refractivity contribution in [1.82, 2.24) is 15.1 Å². The van der Waals surface area contributed by atoms with Crippen molar-refractivity contribution in [2.75, 3.05) is 0 Å². The number of aromatic nitrogens is 2. The molecule has 0 bridgehead atoms. The van der Waals surface area contributed by atoms with Crippen LogP contribution >= 0.6 is 0 Å². The van der Waals surface area contributed by atoms with Gasteiger partial charge in [-0.15, -0.1) is 0 Å². The summed E-state index contributed by atoms with van der Waals surface area (Å²) in [5, 5.41) is 19.6. The highest BCUT2D eigenvalue weighted by atomic mass is 19.2. The third kappa shape index (κ3) is 5.10. The second kappa shape index (κ2) is 10.9. The first-order chi connectivity index (χ1) is 20.3. The number of nitrogens with one attached hydrogen (secondary N) is 1. The lowest BCUT2D eigenvalue weighted by atomic mass is 9.98. The molecule has 1 atom stereocenters. The van der Waals surface area contributed by atoms with Crippen molar-refractivity contribution in [1.29, 1.82) is 0 Å². The van der Waals surface area contributed by atoms with E-state index in [0.717, 1.165) is 34.0 Å². The Bertz CT molecular complexity index is 1980. The second-order valence-electron chi connectivity index (χ2n) is 10.1. The van der Waals surface area contributed by atoms with Crippen LogP contribution < -0.4 is 5.32 Å². The quantitative estimate of drug-likeness (QED) is 0.213. The van der Waals surface area contributed by atoms with Gasteiger partial charge in [0.2, 0.25) is 0 Å². The maximum atomic E-state index is 14.1. The molecule has 1 heterocycles. The number of fused-ring (bicyclic) bond motifs is 2. The summed E-state index contributed by atoms with van der Waals surface area (Å²) >= 11 is 0. The van der Waals surface area contributed by atoms with Crippen molar-refractivity contribution in [3.05, 3.63) is 137 Å². The van der Waals surface area contributed by atoms with E-state index in [1.54, 1.807) is 35.1 Å². The molecule has 6 aromatic rings. The largest absolute Gasteiger partial charge is 0.478 e. The fourth-order valence-corrected chi connectivity index (χ4v) is 5.15. The molecule has 1 amide bonds. The second-order valence-corrected chi connectivity index (χ2v) is 10.1. The number of rotatable bonds is 7. The lowest BCUT2D eigenvalue weighted by Crippen LogP contribution is -2.24. The molecule has 0 aliphatic rings. The molecule has 42 heavy (non-hydrogen) atoms. The van der Waals surface area contributed by atoms with E-state index in [-0.39, 0.29) is 24.1 Å². The first kappa shape index (κ1) is 26.8. The van der Waals surface area contributed by atoms with Crippen molar-refractivity contribution in [3.8, 4) is 11.1 Å². The van der Waals surface area contributed by atoms with Crippen LogP contribution in [-0.2, 0) is 6.54 Å². The van der Waals surface area contributed by atoms with Crippen molar-refractivity contribution in [2.45, 2.75) is 19.5 Å². The highest BCUT2D eigenvalue weighted by Gasteiger charge is 2.21. The topological polar surface area (TPSA) is 84.2 Å². The maximum absolute atomic E-state index is 14.1. The van der Waals surface area contributed by atoms with Crippen LogP contribution in [0.3, 0.4) is 0 Å². The summed E-state index contributed by atoms with van der Waals surface area (Å²) in [7, 11) is 0. The number of carboxylic acid groups (broad SMARTS) is 1. The Morgan fingerprint density at radius 3 is 2.33 bits per heavy atom. The third-order valence-corrected chi connectivity index (χ3v) is 7.46. The molecule has 0 aliphatic carbocycles. The van der Waals surface area contributed by atoms with Gasteiger partial charge in [0.05, 0.1) is 28.9 Å². The Labute approximate surface area is 239 Å². The van der Waals surface area contributed by atoms with Crippen LogP contribution in [0.5, 0.6) is 0 Å². The van der Waals surface area contributed by atoms with Crippen LogP contribution in [0.15, 0.2) is 103 Å². The first-order valence-corrected chi connectivity index (χ1v) is 13.3. The van der Waals surface area contributed by atoms with Crippen LogP contribution in [-0.4, -0.2) is 26.8 Å². The fourth-order valence-electron chi connectivity index (χ4n) is 5.15. The smallest absolute Gasteiger partial charge is 0.335 e. The average Bonchev–Trinajstić information content (AvgIpc) is 3.44. The van der Waals surface area contributed by atoms with Crippen LogP contribution in [0.25, 0.3) is 32.8 Å². The molecule has 0 radical (unpaired) electrons. The molecule has 8 heteroatoms. The zero-order valence-electron chi connectivity index (χ0n) is 22.5. The highest BCUT2D eigenvalue weighted by Crippen LogP contribution is 2.32. The summed E-state index contributed by atoms with van der Waals surface area (Å²) < 4.78 is 29.6. The van der Waals surface area contributed by atoms with E-state index < -0.39 is 17.6 Å². The van der Waals surface area contributed by atoms with Gasteiger partial charge in [0.25, 0.3) is 5.91 Å². The summed E-state index contributed by atoms with van der Waals surface area (Å²) in [4.78, 5) is 24.9. The van der Waals surface area contributed by atoms with Gasteiger partial charge in [-0.2, -0.15) is 5.10 Å². The molecular formula is C34H25F2N3O3. The van der Waals surface area contributed by atoms with Crippen molar-refractivity contribution >= 4 is 33.6 Å². The Hall–Kier alpha value is -5.37. The minimum Gasteiger partial charge on any atom is -0.478 e. The van der Waals surface area contributed by atoms with E-state index in [1.807, 2.05) is 37.3 Å². The molecule has 0 saturated carbocycles. The molecule has 208 valence electrons. The van der Waals surface area contributed by atoms with E-state index in [1.165, 1.54) is 18.2 Å². The number of hydrogen-bond donors (Lipinski definition) is 2. The normalized spacial score (nSPS) is 12.0. The number of halogens is 2. The maximum Gasteiger partial charge on any atom is 0.335 e. The van der Waals surface area contributed by atoms with E-state index in [2.05, 4.69) is 22.5 Å². The Balaban J connectivity index is 1.42. The summed E-state index contributed by atoms with van der Waals surface area (Å²) in [6, 6.07) is 27.4. The molecule has 0 unspecified atom stereocenters. The standard InChI is InChI=1S/C34H25F2N3O3/c1-20(24-11-10-22-4-2-3-5-25(22)14-24)39-32-28(19-38-39)15-27(26-12-13-30(35)31(36)17-26)16-29(32)33(40)37-18-21-6-8-23(9-7-21)34(41)42/h2-17,19-20H,18H2,1H3,(H,37,40)(H,41,42)/t20-/m1/s1. The van der Waals surface area contributed by atoms with Gasteiger partial charge in [-0.25, -0.2) is 13.6 Å². The molecule has 6 nitrogen and oxygen atoms in total. The Morgan fingerprint density at radius 2 is 1.60 bits per heavy atom. The molecule has 0 aliphatic heterocycles. The summed E-state index contributed by atoms with van der Waals surface area (Å²) in [6.07, 6.45) is 1.66. The van der Waals surface area contributed by atoms with E-state index in [4.69, 9.17) is 5.11 Å². The van der Waals surface area contributed by atoms with E-state index in [0.29, 0.717) is 27.6 Å². The Kier molecular flexibility index (Phi) is 6.96. The van der Waals surface area contributed by atoms with E-state index in [9.17, 15) is 18.4 Å². The van der Waals surface area contributed by atoms with Crippen molar-refractivity contribution in [2.24, 2.45) is 0 Å². The number of carboxylic acids is 1. The SMILES string of the molecule is C[C@H](c1ccc2ccccc2c1)n1ncc2cc(-c3ccc(F)c(F)c3)cc(C(=O)NCc3ccc(C(=O)O)cc3)c21. The predicted octanol–water partition coefficient (Wildman–Crippen LogP) is 7.37. The van der Waals surface area contributed by atoms with Gasteiger partial charge in [0.15, 0.2) is 11.6 Å². The van der Waals surface area contributed by atoms with Gasteiger partial charge in [-0.3, -0.25) is 9.48 Å². The predicted molar refractivity (Wildman–Crippen MR) is 157 cm³/mol. The van der Waals surface area contributed by atoms with Crippen LogP contribution in [0, 0.1) is 11.6 Å². The summed E-state index contributed by atoms with van der Waals surface area (Å²) in [5.41, 5.74) is 3.75. The highest BCUT2D eigenvalue weighted by molar-refractivity contribution is 6.07. The first-order valence-electron chi connectivity index (χ1n) is 13.3. The number of carbonyl (C=O) groups is 2. The average molecular weight is 562 g/mol. The number of benzene rings is 5. The zero-order chi connectivity index (χ0) is 29.4. The number of hydrogen-bond acceptors (Lipinski definition) is 3. The van der Waals surface area contributed by atoms with Gasteiger partial charge in [-0.05, 0) is 82.4 Å².